The molecular weight excluding hydrogens is 547 g/mol. The third-order valence-electron chi connectivity index (χ3n) is 7.07. The Hall–Kier alpha value is -4.58. The number of nitrogens with zero attached hydrogens (tertiary/aromatic N) is 5. The van der Waals surface area contributed by atoms with Crippen molar-refractivity contribution in [2.45, 2.75) is 25.7 Å². The van der Waals surface area contributed by atoms with Gasteiger partial charge in [0.1, 0.15) is 0 Å². The van der Waals surface area contributed by atoms with Crippen LogP contribution in [0.4, 0.5) is 36.2 Å². The average molecular weight is 580 g/mol. The first-order chi connectivity index (χ1) is 20.0. The van der Waals surface area contributed by atoms with Gasteiger partial charge in [-0.15, -0.1) is 13.2 Å². The molecule has 0 fully saturated rings. The molecule has 1 aliphatic rings. The van der Waals surface area contributed by atoms with Gasteiger partial charge in [0.15, 0.2) is 5.75 Å². The molecule has 1 aliphatic heterocycles. The highest BCUT2D eigenvalue weighted by molar-refractivity contribution is 6.02. The molecule has 0 saturated carbocycles. The lowest BCUT2D eigenvalue weighted by molar-refractivity contribution is -0.274. The molecule has 0 bridgehead atoms. The Balaban J connectivity index is 1.55. The predicted octanol–water partition coefficient (Wildman–Crippen LogP) is 5.81. The van der Waals surface area contributed by atoms with Crippen LogP contribution >= 0.6 is 0 Å². The minimum atomic E-state index is -4.96. The van der Waals surface area contributed by atoms with Crippen molar-refractivity contribution in [2.24, 2.45) is 0 Å². The van der Waals surface area contributed by atoms with Gasteiger partial charge in [0.2, 0.25) is 11.9 Å². The number of likely N-dealkylation sites (N-methyl/N-ethyl adjacent to an activating group) is 2. The van der Waals surface area contributed by atoms with Crippen molar-refractivity contribution in [1.82, 2.24) is 19.4 Å². The zero-order chi connectivity index (χ0) is 30.0. The number of ether oxygens (including phenoxy) is 1. The SMILES string of the molecule is C=CC(=O)Nc1cc(Nc2nccc(-c3cn4c5c(cccc35)CCC4)n2)c(OC(F)(F)F)cc1N(C)CCN(C)C. The van der Waals surface area contributed by atoms with Gasteiger partial charge in [0, 0.05) is 56.1 Å². The van der Waals surface area contributed by atoms with Crippen LogP contribution in [0.1, 0.15) is 12.0 Å². The summed E-state index contributed by atoms with van der Waals surface area (Å²) in [6.45, 7) is 5.48. The van der Waals surface area contributed by atoms with Crippen LogP contribution in [-0.4, -0.2) is 65.9 Å². The van der Waals surface area contributed by atoms with E-state index in [9.17, 15) is 18.0 Å². The van der Waals surface area contributed by atoms with Gasteiger partial charge in [-0.05, 0) is 50.7 Å². The Kier molecular flexibility index (Phi) is 8.08. The van der Waals surface area contributed by atoms with Crippen molar-refractivity contribution in [3.63, 3.8) is 0 Å². The molecule has 4 aromatic rings. The lowest BCUT2D eigenvalue weighted by atomic mass is 10.0. The smallest absolute Gasteiger partial charge is 0.403 e. The van der Waals surface area contributed by atoms with Crippen LogP contribution in [0.15, 0.2) is 61.4 Å². The number of benzene rings is 2. The lowest BCUT2D eigenvalue weighted by Crippen LogP contribution is -2.29. The molecule has 9 nitrogen and oxygen atoms in total. The summed E-state index contributed by atoms with van der Waals surface area (Å²) < 4.78 is 47.2. The van der Waals surface area contributed by atoms with Crippen LogP contribution < -0.4 is 20.3 Å². The van der Waals surface area contributed by atoms with E-state index in [0.717, 1.165) is 36.4 Å². The van der Waals surface area contributed by atoms with E-state index in [1.807, 2.05) is 31.1 Å². The zero-order valence-electron chi connectivity index (χ0n) is 23.6. The van der Waals surface area contributed by atoms with Gasteiger partial charge < -0.3 is 29.7 Å². The summed E-state index contributed by atoms with van der Waals surface area (Å²) >= 11 is 0. The van der Waals surface area contributed by atoms with Crippen molar-refractivity contribution in [3.8, 4) is 17.0 Å². The molecule has 5 rings (SSSR count). The number of aryl methyl sites for hydroxylation is 2. The summed E-state index contributed by atoms with van der Waals surface area (Å²) in [5, 5.41) is 6.63. The van der Waals surface area contributed by atoms with E-state index < -0.39 is 18.0 Å². The maximum Gasteiger partial charge on any atom is 0.573 e. The second-order valence-corrected chi connectivity index (χ2v) is 10.4. The molecule has 2 aromatic heterocycles. The third-order valence-corrected chi connectivity index (χ3v) is 7.07. The second-order valence-electron chi connectivity index (χ2n) is 10.4. The third kappa shape index (κ3) is 6.33. The minimum absolute atomic E-state index is 0.0705. The molecule has 1 amide bonds. The number of amides is 1. The molecule has 0 atom stereocenters. The monoisotopic (exact) mass is 579 g/mol. The number of nitrogens with one attached hydrogen (secondary N) is 2. The first-order valence-electron chi connectivity index (χ1n) is 13.5. The Bertz CT molecular complexity index is 1630. The van der Waals surface area contributed by atoms with E-state index in [4.69, 9.17) is 0 Å². The molecule has 0 aliphatic carbocycles. The van der Waals surface area contributed by atoms with Crippen molar-refractivity contribution >= 4 is 39.8 Å². The normalized spacial score (nSPS) is 12.8. The number of aromatic nitrogens is 3. The Morgan fingerprint density at radius 2 is 1.98 bits per heavy atom. The maximum atomic E-state index is 13.5. The van der Waals surface area contributed by atoms with Gasteiger partial charge in [0.05, 0.1) is 28.3 Å². The second kappa shape index (κ2) is 11.7. The van der Waals surface area contributed by atoms with Gasteiger partial charge >= 0.3 is 6.36 Å². The molecule has 0 unspecified atom stereocenters. The van der Waals surface area contributed by atoms with Crippen molar-refractivity contribution < 1.29 is 22.7 Å². The fourth-order valence-corrected chi connectivity index (χ4v) is 5.10. The van der Waals surface area contributed by atoms with E-state index in [2.05, 4.69) is 48.7 Å². The fraction of sp³-hybridized carbons (Fsp3) is 0.300. The number of alkyl halides is 3. The van der Waals surface area contributed by atoms with Crippen LogP contribution in [0.25, 0.3) is 22.2 Å². The summed E-state index contributed by atoms with van der Waals surface area (Å²) in [5.41, 5.74) is 4.50. The summed E-state index contributed by atoms with van der Waals surface area (Å²) in [6.07, 6.45) is 1.78. The van der Waals surface area contributed by atoms with E-state index in [-0.39, 0.29) is 17.3 Å². The van der Waals surface area contributed by atoms with Crippen LogP contribution in [0.3, 0.4) is 0 Å². The molecule has 3 heterocycles. The van der Waals surface area contributed by atoms with Crippen molar-refractivity contribution in [1.29, 1.82) is 0 Å². The van der Waals surface area contributed by atoms with Crippen LogP contribution in [0, 0.1) is 0 Å². The highest BCUT2D eigenvalue weighted by Gasteiger charge is 2.33. The van der Waals surface area contributed by atoms with Crippen LogP contribution in [0.5, 0.6) is 5.75 Å². The summed E-state index contributed by atoms with van der Waals surface area (Å²) in [7, 11) is 5.49. The quantitative estimate of drug-likeness (QED) is 0.229. The zero-order valence-corrected chi connectivity index (χ0v) is 23.6. The number of para-hydroxylation sites is 1. The lowest BCUT2D eigenvalue weighted by Gasteiger charge is -2.26. The van der Waals surface area contributed by atoms with Gasteiger partial charge in [-0.2, -0.15) is 0 Å². The van der Waals surface area contributed by atoms with Gasteiger partial charge in [0.25, 0.3) is 0 Å². The summed E-state index contributed by atoms with van der Waals surface area (Å²) in [4.78, 5) is 24.8. The summed E-state index contributed by atoms with van der Waals surface area (Å²) in [5.74, 6) is -0.938. The van der Waals surface area contributed by atoms with E-state index in [1.54, 1.807) is 24.2 Å². The number of carbonyl (C=O) groups excluding carboxylic acids is 1. The number of carbonyl (C=O) groups is 1. The standard InChI is InChI=1S/C30H32F3N7O2/c1-5-27(41)35-23-16-24(26(42-30(31,32)33)17-25(23)39(4)15-14-38(2)3)37-29-34-12-11-22(36-29)21-18-40-13-7-9-19-8-6-10-20(21)28(19)40/h5-6,8,10-12,16-18H,1,7,9,13-15H2,2-4H3,(H,35,41)(H,34,36,37). The Morgan fingerprint density at radius 1 is 1.17 bits per heavy atom. The molecule has 12 heteroatoms. The molecule has 0 radical (unpaired) electrons. The number of anilines is 4. The molecule has 0 saturated heterocycles. The number of halogens is 3. The molecule has 220 valence electrons. The predicted molar refractivity (Wildman–Crippen MR) is 158 cm³/mol. The van der Waals surface area contributed by atoms with Crippen molar-refractivity contribution in [2.75, 3.05) is 49.8 Å². The highest BCUT2D eigenvalue weighted by Crippen LogP contribution is 2.41. The van der Waals surface area contributed by atoms with E-state index >= 15 is 0 Å². The van der Waals surface area contributed by atoms with Crippen molar-refractivity contribution in [3.05, 3.63) is 67.0 Å². The Morgan fingerprint density at radius 3 is 2.71 bits per heavy atom. The molecule has 2 N–H and O–H groups in total. The molecule has 2 aromatic carbocycles. The molecule has 0 spiro atoms. The number of hydrogen-bond donors (Lipinski definition) is 2. The van der Waals surface area contributed by atoms with Crippen LogP contribution in [-0.2, 0) is 17.8 Å². The highest BCUT2D eigenvalue weighted by atomic mass is 19.4. The topological polar surface area (TPSA) is 87.5 Å². The Labute approximate surface area is 241 Å². The largest absolute Gasteiger partial charge is 0.573 e. The summed E-state index contributed by atoms with van der Waals surface area (Å²) in [6, 6.07) is 10.6. The van der Waals surface area contributed by atoms with E-state index in [1.165, 1.54) is 23.2 Å². The maximum absolute atomic E-state index is 13.5. The number of hydrogen-bond acceptors (Lipinski definition) is 7. The fourth-order valence-electron chi connectivity index (χ4n) is 5.10. The first-order valence-corrected chi connectivity index (χ1v) is 13.5. The first kappa shape index (κ1) is 28.9. The van der Waals surface area contributed by atoms with Gasteiger partial charge in [-0.25, -0.2) is 9.97 Å². The minimum Gasteiger partial charge on any atom is -0.403 e. The number of rotatable bonds is 10. The van der Waals surface area contributed by atoms with E-state index in [0.29, 0.717) is 24.5 Å². The molecule has 42 heavy (non-hydrogen) atoms. The van der Waals surface area contributed by atoms with Gasteiger partial charge in [-0.3, -0.25) is 4.79 Å². The van der Waals surface area contributed by atoms with Gasteiger partial charge in [-0.1, -0.05) is 24.8 Å². The van der Waals surface area contributed by atoms with Crippen LogP contribution in [0.2, 0.25) is 0 Å². The average Bonchev–Trinajstić information content (AvgIpc) is 3.33. The molecular formula is C30H32F3N7O2.